The molecule has 2 aromatic carbocycles. The van der Waals surface area contributed by atoms with E-state index in [2.05, 4.69) is 0 Å². The molecule has 0 amide bonds. The van der Waals surface area contributed by atoms with Crippen molar-refractivity contribution in [1.82, 2.24) is 0 Å². The maximum absolute atomic E-state index is 13.1. The minimum atomic E-state index is -4.67. The fourth-order valence-electron chi connectivity index (χ4n) is 2.67. The maximum Gasteiger partial charge on any atom is 0.417 e. The molecular formula is C21H17F3O5. The van der Waals surface area contributed by atoms with Crippen molar-refractivity contribution in [2.45, 2.75) is 32.5 Å². The molecule has 3 aromatic rings. The quantitative estimate of drug-likeness (QED) is 0.324. The molecule has 0 N–H and O–H groups in total. The van der Waals surface area contributed by atoms with Crippen molar-refractivity contribution < 1.29 is 31.9 Å². The van der Waals surface area contributed by atoms with Crippen molar-refractivity contribution in [2.75, 3.05) is 0 Å². The number of rotatable bonds is 6. The molecule has 0 radical (unpaired) electrons. The lowest BCUT2D eigenvalue weighted by Crippen LogP contribution is -2.11. The van der Waals surface area contributed by atoms with Gasteiger partial charge in [0.25, 0.3) is 0 Å². The highest BCUT2D eigenvalue weighted by Gasteiger charge is 2.33. The second kappa shape index (κ2) is 8.38. The topological polar surface area (TPSA) is 65.7 Å². The predicted molar refractivity (Wildman–Crippen MR) is 98.8 cm³/mol. The lowest BCUT2D eigenvalue weighted by Gasteiger charge is -2.11. The van der Waals surface area contributed by atoms with Crippen LogP contribution in [0.2, 0.25) is 0 Å². The summed E-state index contributed by atoms with van der Waals surface area (Å²) >= 11 is 0. The summed E-state index contributed by atoms with van der Waals surface area (Å²) in [5, 5.41) is -0.220. The molecule has 8 heteroatoms. The summed E-state index contributed by atoms with van der Waals surface area (Å²) in [5.41, 5.74) is -1.59. The van der Waals surface area contributed by atoms with E-state index in [1.807, 2.05) is 6.92 Å². The molecule has 3 rings (SSSR count). The van der Waals surface area contributed by atoms with Crippen LogP contribution in [0.15, 0.2) is 57.7 Å². The highest BCUT2D eigenvalue weighted by molar-refractivity contribution is 5.82. The van der Waals surface area contributed by atoms with Crippen LogP contribution < -0.4 is 15.1 Å². The van der Waals surface area contributed by atoms with Crippen molar-refractivity contribution in [1.29, 1.82) is 0 Å². The van der Waals surface area contributed by atoms with Crippen LogP contribution in [-0.2, 0) is 17.6 Å². The molecule has 29 heavy (non-hydrogen) atoms. The van der Waals surface area contributed by atoms with Crippen LogP contribution in [-0.4, -0.2) is 5.97 Å². The first-order valence-corrected chi connectivity index (χ1v) is 8.84. The van der Waals surface area contributed by atoms with E-state index in [9.17, 15) is 22.8 Å². The van der Waals surface area contributed by atoms with E-state index in [-0.39, 0.29) is 29.3 Å². The second-order valence-corrected chi connectivity index (χ2v) is 6.29. The first kappa shape index (κ1) is 20.4. The van der Waals surface area contributed by atoms with Gasteiger partial charge in [0.2, 0.25) is 0 Å². The Labute approximate surface area is 163 Å². The van der Waals surface area contributed by atoms with Crippen LogP contribution in [0, 0.1) is 0 Å². The highest BCUT2D eigenvalue weighted by Crippen LogP contribution is 2.34. The van der Waals surface area contributed by atoms with Gasteiger partial charge in [0, 0.05) is 23.9 Å². The van der Waals surface area contributed by atoms with Crippen LogP contribution in [0.4, 0.5) is 13.2 Å². The molecule has 0 unspecified atom stereocenters. The molecule has 1 heterocycles. The van der Waals surface area contributed by atoms with Crippen molar-refractivity contribution in [3.8, 4) is 11.5 Å². The summed E-state index contributed by atoms with van der Waals surface area (Å²) in [6.45, 7) is 2.00. The normalized spacial score (nSPS) is 11.4. The van der Waals surface area contributed by atoms with Gasteiger partial charge >= 0.3 is 17.8 Å². The van der Waals surface area contributed by atoms with E-state index < -0.39 is 17.4 Å². The Morgan fingerprint density at radius 1 is 1.03 bits per heavy atom. The van der Waals surface area contributed by atoms with Gasteiger partial charge in [0.1, 0.15) is 23.7 Å². The van der Waals surface area contributed by atoms with Crippen LogP contribution in [0.25, 0.3) is 11.0 Å². The van der Waals surface area contributed by atoms with E-state index >= 15 is 0 Å². The molecule has 1 aromatic heterocycles. The number of fused-ring (bicyclic) bond motifs is 1. The minimum Gasteiger partial charge on any atom is -0.489 e. The Hall–Kier alpha value is -3.29. The number of esters is 1. The minimum absolute atomic E-state index is 0.123. The van der Waals surface area contributed by atoms with Gasteiger partial charge < -0.3 is 13.9 Å². The number of halogens is 3. The molecule has 0 saturated heterocycles. The Morgan fingerprint density at radius 3 is 2.38 bits per heavy atom. The summed E-state index contributed by atoms with van der Waals surface area (Å²) < 4.78 is 54.8. The van der Waals surface area contributed by atoms with Gasteiger partial charge in [-0.15, -0.1) is 0 Å². The lowest BCUT2D eigenvalue weighted by molar-refractivity contribution is -0.136. The maximum atomic E-state index is 13.1. The average Bonchev–Trinajstić information content (AvgIpc) is 2.66. The number of ether oxygens (including phenoxy) is 2. The summed E-state index contributed by atoms with van der Waals surface area (Å²) in [7, 11) is 0. The number of alkyl halides is 3. The Balaban J connectivity index is 1.72. The van der Waals surface area contributed by atoms with Gasteiger partial charge in [0.15, 0.2) is 0 Å². The number of benzene rings is 2. The third kappa shape index (κ3) is 5.16. The third-order valence-electron chi connectivity index (χ3n) is 4.04. The predicted octanol–water partition coefficient (Wildman–Crippen LogP) is 5.10. The summed E-state index contributed by atoms with van der Waals surface area (Å²) in [6.07, 6.45) is -3.64. The smallest absolute Gasteiger partial charge is 0.417 e. The second-order valence-electron chi connectivity index (χ2n) is 6.29. The van der Waals surface area contributed by atoms with Gasteiger partial charge in [-0.25, -0.2) is 4.79 Å². The SMILES string of the molecule is CCCC(=O)Oc1ccc(COc2ccc3c(C(F)(F)F)cc(=O)oc3c2)cc1. The third-order valence-corrected chi connectivity index (χ3v) is 4.04. The van der Waals surface area contributed by atoms with Crippen molar-refractivity contribution >= 4 is 16.9 Å². The monoisotopic (exact) mass is 406 g/mol. The first-order valence-electron chi connectivity index (χ1n) is 8.84. The molecule has 0 spiro atoms. The molecule has 0 fully saturated rings. The molecule has 0 aliphatic heterocycles. The lowest BCUT2D eigenvalue weighted by atomic mass is 10.1. The van der Waals surface area contributed by atoms with E-state index in [4.69, 9.17) is 13.9 Å². The summed E-state index contributed by atoms with van der Waals surface area (Å²) in [6, 6.07) is 10.9. The fourth-order valence-corrected chi connectivity index (χ4v) is 2.67. The molecule has 0 aliphatic carbocycles. The average molecular weight is 406 g/mol. The van der Waals surface area contributed by atoms with Gasteiger partial charge in [-0.2, -0.15) is 13.2 Å². The number of carbonyl (C=O) groups excluding carboxylic acids is 1. The van der Waals surface area contributed by atoms with Crippen LogP contribution in [0.5, 0.6) is 11.5 Å². The van der Waals surface area contributed by atoms with Crippen molar-refractivity contribution in [3.05, 3.63) is 70.1 Å². The number of hydrogen-bond acceptors (Lipinski definition) is 5. The van der Waals surface area contributed by atoms with E-state index in [0.717, 1.165) is 5.56 Å². The van der Waals surface area contributed by atoms with Gasteiger partial charge in [0.05, 0.1) is 5.56 Å². The zero-order valence-electron chi connectivity index (χ0n) is 15.4. The van der Waals surface area contributed by atoms with Crippen molar-refractivity contribution in [2.24, 2.45) is 0 Å². The molecule has 0 atom stereocenters. The Bertz CT molecular complexity index is 1070. The largest absolute Gasteiger partial charge is 0.489 e. The molecule has 0 bridgehead atoms. The van der Waals surface area contributed by atoms with Crippen molar-refractivity contribution in [3.63, 3.8) is 0 Å². The van der Waals surface area contributed by atoms with Gasteiger partial charge in [-0.3, -0.25) is 4.79 Å². The number of carbonyl (C=O) groups is 1. The van der Waals surface area contributed by atoms with Crippen LogP contribution in [0.1, 0.15) is 30.9 Å². The van der Waals surface area contributed by atoms with E-state index in [1.54, 1.807) is 24.3 Å². The zero-order valence-corrected chi connectivity index (χ0v) is 15.4. The van der Waals surface area contributed by atoms with Gasteiger partial charge in [-0.05, 0) is 36.2 Å². The zero-order chi connectivity index (χ0) is 21.0. The standard InChI is InChI=1S/C21H17F3O5/c1-2-3-19(25)28-14-6-4-13(5-7-14)12-27-15-8-9-16-17(21(22,23)24)11-20(26)29-18(16)10-15/h4-11H,2-3,12H2,1H3. The Kier molecular flexibility index (Phi) is 5.91. The van der Waals surface area contributed by atoms with Crippen LogP contribution in [0.3, 0.4) is 0 Å². The number of hydrogen-bond donors (Lipinski definition) is 0. The van der Waals surface area contributed by atoms with E-state index in [0.29, 0.717) is 24.7 Å². The summed E-state index contributed by atoms with van der Waals surface area (Å²) in [5.74, 6) is 0.352. The molecular weight excluding hydrogens is 389 g/mol. The van der Waals surface area contributed by atoms with E-state index in [1.165, 1.54) is 18.2 Å². The fraction of sp³-hybridized carbons (Fsp3) is 0.238. The first-order chi connectivity index (χ1) is 13.8. The van der Waals surface area contributed by atoms with Crippen LogP contribution >= 0.6 is 0 Å². The molecule has 152 valence electrons. The summed E-state index contributed by atoms with van der Waals surface area (Å²) in [4.78, 5) is 22.9. The molecule has 0 aliphatic rings. The molecule has 5 nitrogen and oxygen atoms in total. The Morgan fingerprint density at radius 2 is 1.72 bits per heavy atom. The molecule has 0 saturated carbocycles. The van der Waals surface area contributed by atoms with Gasteiger partial charge in [-0.1, -0.05) is 19.1 Å². The highest BCUT2D eigenvalue weighted by atomic mass is 19.4.